The predicted molar refractivity (Wildman–Crippen MR) is 90.6 cm³/mol. The average molecular weight is 355 g/mol. The second-order valence-electron chi connectivity index (χ2n) is 6.63. The lowest BCUT2D eigenvalue weighted by atomic mass is 9.75. The SMILES string of the molecule is COc1ccc(Br)c(COC2CC(C)CCC2C(C)C)c1. The van der Waals surface area contributed by atoms with Crippen molar-refractivity contribution in [3.8, 4) is 5.75 Å². The molecule has 1 aliphatic rings. The van der Waals surface area contributed by atoms with E-state index in [1.165, 1.54) is 19.3 Å². The number of benzene rings is 1. The van der Waals surface area contributed by atoms with Crippen LogP contribution in [0.1, 0.15) is 45.6 Å². The van der Waals surface area contributed by atoms with Gasteiger partial charge in [-0.3, -0.25) is 0 Å². The second kappa shape index (κ2) is 7.64. The third-order valence-corrected chi connectivity index (χ3v) is 5.44. The summed E-state index contributed by atoms with van der Waals surface area (Å²) in [5, 5.41) is 0. The van der Waals surface area contributed by atoms with Crippen LogP contribution < -0.4 is 4.74 Å². The fourth-order valence-electron chi connectivity index (χ4n) is 3.29. The van der Waals surface area contributed by atoms with Crippen LogP contribution in [-0.2, 0) is 11.3 Å². The Morgan fingerprint density at radius 2 is 2.05 bits per heavy atom. The maximum atomic E-state index is 6.31. The molecule has 0 heterocycles. The van der Waals surface area contributed by atoms with Crippen LogP contribution >= 0.6 is 15.9 Å². The number of ether oxygens (including phenoxy) is 2. The minimum atomic E-state index is 0.381. The lowest BCUT2D eigenvalue weighted by molar-refractivity contribution is -0.0474. The van der Waals surface area contributed by atoms with Crippen molar-refractivity contribution in [3.05, 3.63) is 28.2 Å². The molecule has 0 aliphatic heterocycles. The lowest BCUT2D eigenvalue weighted by Crippen LogP contribution is -2.34. The van der Waals surface area contributed by atoms with Crippen molar-refractivity contribution in [2.45, 2.75) is 52.7 Å². The highest BCUT2D eigenvalue weighted by Gasteiger charge is 2.31. The Balaban J connectivity index is 2.03. The smallest absolute Gasteiger partial charge is 0.119 e. The Kier molecular flexibility index (Phi) is 6.12. The summed E-state index contributed by atoms with van der Waals surface area (Å²) in [5.74, 6) is 3.04. The van der Waals surface area contributed by atoms with Crippen molar-refractivity contribution in [1.29, 1.82) is 0 Å². The van der Waals surface area contributed by atoms with E-state index in [2.05, 4.69) is 42.8 Å². The number of hydrogen-bond donors (Lipinski definition) is 0. The molecule has 0 amide bonds. The standard InChI is InChI=1S/C18H27BrO2/c1-12(2)16-7-5-13(3)9-18(16)21-11-14-10-15(20-4)6-8-17(14)19/h6,8,10,12-13,16,18H,5,7,9,11H2,1-4H3. The summed E-state index contributed by atoms with van der Waals surface area (Å²) in [6.45, 7) is 7.63. The minimum Gasteiger partial charge on any atom is -0.497 e. The van der Waals surface area contributed by atoms with Crippen molar-refractivity contribution in [3.63, 3.8) is 0 Å². The first-order chi connectivity index (χ1) is 10.0. The molecule has 1 aromatic rings. The fraction of sp³-hybridized carbons (Fsp3) is 0.667. The number of halogens is 1. The molecule has 0 spiro atoms. The van der Waals surface area contributed by atoms with Crippen molar-refractivity contribution < 1.29 is 9.47 Å². The summed E-state index contributed by atoms with van der Waals surface area (Å²) in [7, 11) is 1.70. The maximum Gasteiger partial charge on any atom is 0.119 e. The lowest BCUT2D eigenvalue weighted by Gasteiger charge is -2.37. The fourth-order valence-corrected chi connectivity index (χ4v) is 3.65. The molecule has 0 bridgehead atoms. The molecule has 118 valence electrons. The Hall–Kier alpha value is -0.540. The molecule has 21 heavy (non-hydrogen) atoms. The van der Waals surface area contributed by atoms with Gasteiger partial charge in [0.1, 0.15) is 5.75 Å². The Morgan fingerprint density at radius 1 is 1.29 bits per heavy atom. The van der Waals surface area contributed by atoms with Crippen LogP contribution in [0, 0.1) is 17.8 Å². The van der Waals surface area contributed by atoms with Crippen LogP contribution in [0.3, 0.4) is 0 Å². The van der Waals surface area contributed by atoms with E-state index in [1.54, 1.807) is 7.11 Å². The zero-order chi connectivity index (χ0) is 15.4. The molecule has 1 saturated carbocycles. The molecule has 3 heteroatoms. The largest absolute Gasteiger partial charge is 0.497 e. The van der Waals surface area contributed by atoms with Gasteiger partial charge in [0.2, 0.25) is 0 Å². The van der Waals surface area contributed by atoms with Gasteiger partial charge in [-0.25, -0.2) is 0 Å². The van der Waals surface area contributed by atoms with Crippen molar-refractivity contribution in [2.24, 2.45) is 17.8 Å². The zero-order valence-electron chi connectivity index (χ0n) is 13.6. The average Bonchev–Trinajstić information content (AvgIpc) is 2.46. The highest BCUT2D eigenvalue weighted by atomic mass is 79.9. The van der Waals surface area contributed by atoms with E-state index >= 15 is 0 Å². The molecule has 1 fully saturated rings. The molecule has 2 nitrogen and oxygen atoms in total. The quantitative estimate of drug-likeness (QED) is 0.701. The van der Waals surface area contributed by atoms with E-state index in [1.807, 2.05) is 12.1 Å². The summed E-state index contributed by atoms with van der Waals surface area (Å²) in [5.41, 5.74) is 1.16. The van der Waals surface area contributed by atoms with Crippen LogP contribution in [0.5, 0.6) is 5.75 Å². The first-order valence-electron chi connectivity index (χ1n) is 7.95. The first kappa shape index (κ1) is 16.8. The van der Waals surface area contributed by atoms with Gasteiger partial charge < -0.3 is 9.47 Å². The Labute approximate surface area is 137 Å². The molecule has 1 aliphatic carbocycles. The molecule has 0 saturated heterocycles. The number of methoxy groups -OCH3 is 1. The molecule has 1 aromatic carbocycles. The van der Waals surface area contributed by atoms with Gasteiger partial charge in [0.25, 0.3) is 0 Å². The topological polar surface area (TPSA) is 18.5 Å². The van der Waals surface area contributed by atoms with E-state index in [0.29, 0.717) is 24.5 Å². The van der Waals surface area contributed by atoms with Crippen LogP contribution in [0.4, 0.5) is 0 Å². The van der Waals surface area contributed by atoms with Crippen LogP contribution in [0.15, 0.2) is 22.7 Å². The Morgan fingerprint density at radius 3 is 2.71 bits per heavy atom. The zero-order valence-corrected chi connectivity index (χ0v) is 15.2. The summed E-state index contributed by atoms with van der Waals surface area (Å²) >= 11 is 3.61. The van der Waals surface area contributed by atoms with Gasteiger partial charge in [-0.1, -0.05) is 43.1 Å². The molecule has 3 atom stereocenters. The predicted octanol–water partition coefficient (Wildman–Crippen LogP) is 5.44. The number of hydrogen-bond acceptors (Lipinski definition) is 2. The van der Waals surface area contributed by atoms with Gasteiger partial charge >= 0.3 is 0 Å². The van der Waals surface area contributed by atoms with Crippen molar-refractivity contribution >= 4 is 15.9 Å². The van der Waals surface area contributed by atoms with Crippen LogP contribution in [-0.4, -0.2) is 13.2 Å². The summed E-state index contributed by atoms with van der Waals surface area (Å²) in [6.07, 6.45) is 4.20. The third kappa shape index (κ3) is 4.46. The monoisotopic (exact) mass is 354 g/mol. The Bertz CT molecular complexity index is 459. The number of rotatable bonds is 5. The summed E-state index contributed by atoms with van der Waals surface area (Å²) in [4.78, 5) is 0. The summed E-state index contributed by atoms with van der Waals surface area (Å²) in [6, 6.07) is 6.05. The molecular weight excluding hydrogens is 328 g/mol. The van der Waals surface area contributed by atoms with Crippen LogP contribution in [0.2, 0.25) is 0 Å². The van der Waals surface area contributed by atoms with E-state index < -0.39 is 0 Å². The maximum absolute atomic E-state index is 6.31. The molecular formula is C18H27BrO2. The molecule has 2 rings (SSSR count). The van der Waals surface area contributed by atoms with Gasteiger partial charge in [0.15, 0.2) is 0 Å². The normalized spacial score (nSPS) is 26.1. The van der Waals surface area contributed by atoms with Gasteiger partial charge in [-0.2, -0.15) is 0 Å². The highest BCUT2D eigenvalue weighted by Crippen LogP contribution is 2.36. The first-order valence-corrected chi connectivity index (χ1v) is 8.74. The van der Waals surface area contributed by atoms with Gasteiger partial charge in [0.05, 0.1) is 19.8 Å². The molecule has 3 unspecified atom stereocenters. The van der Waals surface area contributed by atoms with Gasteiger partial charge in [-0.15, -0.1) is 0 Å². The highest BCUT2D eigenvalue weighted by molar-refractivity contribution is 9.10. The molecule has 0 aromatic heterocycles. The van der Waals surface area contributed by atoms with Gasteiger partial charge in [-0.05, 0) is 54.4 Å². The van der Waals surface area contributed by atoms with Crippen molar-refractivity contribution in [2.75, 3.05) is 7.11 Å². The molecule has 0 radical (unpaired) electrons. The summed E-state index contributed by atoms with van der Waals surface area (Å²) < 4.78 is 12.7. The minimum absolute atomic E-state index is 0.381. The third-order valence-electron chi connectivity index (χ3n) is 4.67. The van der Waals surface area contributed by atoms with E-state index in [0.717, 1.165) is 21.7 Å². The van der Waals surface area contributed by atoms with Gasteiger partial charge in [0, 0.05) is 4.47 Å². The van der Waals surface area contributed by atoms with Crippen molar-refractivity contribution in [1.82, 2.24) is 0 Å². The van der Waals surface area contributed by atoms with E-state index in [9.17, 15) is 0 Å². The molecule has 0 N–H and O–H groups in total. The van der Waals surface area contributed by atoms with E-state index in [-0.39, 0.29) is 0 Å². The van der Waals surface area contributed by atoms with Crippen LogP contribution in [0.25, 0.3) is 0 Å². The van der Waals surface area contributed by atoms with E-state index in [4.69, 9.17) is 9.47 Å². The second-order valence-corrected chi connectivity index (χ2v) is 7.49.